The lowest BCUT2D eigenvalue weighted by atomic mass is 10.0. The molecule has 32 heavy (non-hydrogen) atoms. The molecular weight excluding hydrogens is 418 g/mol. The molecule has 0 aliphatic carbocycles. The number of hydrogen-bond donors (Lipinski definition) is 1. The highest BCUT2D eigenvalue weighted by molar-refractivity contribution is 7.17. The topological polar surface area (TPSA) is 64.0 Å². The second-order valence-electron chi connectivity index (χ2n) is 7.83. The van der Waals surface area contributed by atoms with Crippen LogP contribution in [-0.4, -0.2) is 15.5 Å². The Labute approximate surface area is 189 Å². The lowest BCUT2D eigenvalue weighted by Crippen LogP contribution is -2.31. The standard InChI is InChI=1S/C26H21N3O2S/c1-16-7-3-6-10-22(16)28-24(30)17(2)29-15-27-25-23(26(29)31)21(14-32-25)20-12-11-18-8-4-5-9-19(18)13-20/h3-15,17H,1-2H3,(H,28,30)/t17-/m0/s1. The molecule has 5 aromatic rings. The summed E-state index contributed by atoms with van der Waals surface area (Å²) in [5, 5.41) is 7.69. The fourth-order valence-corrected chi connectivity index (χ4v) is 4.77. The minimum Gasteiger partial charge on any atom is -0.324 e. The van der Waals surface area contributed by atoms with Gasteiger partial charge in [-0.25, -0.2) is 4.98 Å². The maximum atomic E-state index is 13.5. The van der Waals surface area contributed by atoms with Gasteiger partial charge < -0.3 is 5.32 Å². The third-order valence-electron chi connectivity index (χ3n) is 5.78. The number of rotatable bonds is 4. The van der Waals surface area contributed by atoms with E-state index in [9.17, 15) is 9.59 Å². The van der Waals surface area contributed by atoms with Gasteiger partial charge in [-0.2, -0.15) is 0 Å². The predicted molar refractivity (Wildman–Crippen MR) is 131 cm³/mol. The van der Waals surface area contributed by atoms with Crippen molar-refractivity contribution < 1.29 is 4.79 Å². The highest BCUT2D eigenvalue weighted by atomic mass is 32.1. The first-order valence-corrected chi connectivity index (χ1v) is 11.2. The van der Waals surface area contributed by atoms with Crippen LogP contribution >= 0.6 is 11.3 Å². The van der Waals surface area contributed by atoms with Crippen molar-refractivity contribution in [1.82, 2.24) is 9.55 Å². The number of amides is 1. The van der Waals surface area contributed by atoms with E-state index >= 15 is 0 Å². The number of hydrogen-bond acceptors (Lipinski definition) is 4. The lowest BCUT2D eigenvalue weighted by molar-refractivity contribution is -0.118. The number of carbonyl (C=O) groups is 1. The average molecular weight is 440 g/mol. The van der Waals surface area contributed by atoms with E-state index in [0.29, 0.717) is 10.2 Å². The maximum absolute atomic E-state index is 13.5. The number of aromatic nitrogens is 2. The molecule has 3 aromatic carbocycles. The monoisotopic (exact) mass is 439 g/mol. The predicted octanol–water partition coefficient (Wildman–Crippen LogP) is 5.79. The van der Waals surface area contributed by atoms with Crippen molar-refractivity contribution >= 4 is 43.9 Å². The number of nitrogens with zero attached hydrogens (tertiary/aromatic N) is 2. The number of anilines is 1. The Balaban J connectivity index is 1.55. The Bertz CT molecular complexity index is 1530. The van der Waals surface area contributed by atoms with Gasteiger partial charge in [0.25, 0.3) is 5.56 Å². The molecule has 0 saturated carbocycles. The van der Waals surface area contributed by atoms with Gasteiger partial charge in [-0.05, 0) is 47.9 Å². The Morgan fingerprint density at radius 3 is 2.59 bits per heavy atom. The number of thiophene rings is 1. The molecular formula is C26H21N3O2S. The molecule has 2 aromatic heterocycles. The van der Waals surface area contributed by atoms with Crippen molar-refractivity contribution in [3.8, 4) is 11.1 Å². The molecule has 0 radical (unpaired) electrons. The third-order valence-corrected chi connectivity index (χ3v) is 6.67. The number of para-hydroxylation sites is 1. The van der Waals surface area contributed by atoms with E-state index in [0.717, 1.165) is 33.2 Å². The SMILES string of the molecule is Cc1ccccc1NC(=O)[C@H](C)n1cnc2scc(-c3ccc4ccccc4c3)c2c1=O. The summed E-state index contributed by atoms with van der Waals surface area (Å²) in [5.41, 5.74) is 3.29. The zero-order valence-corrected chi connectivity index (χ0v) is 18.5. The Morgan fingerprint density at radius 1 is 1.03 bits per heavy atom. The molecule has 6 heteroatoms. The fraction of sp³-hybridized carbons (Fsp3) is 0.115. The normalized spacial score (nSPS) is 12.2. The van der Waals surface area contributed by atoms with Crippen LogP contribution in [0.1, 0.15) is 18.5 Å². The number of fused-ring (bicyclic) bond motifs is 2. The summed E-state index contributed by atoms with van der Waals surface area (Å²) in [5.74, 6) is -0.259. The van der Waals surface area contributed by atoms with Crippen LogP contribution in [0.25, 0.3) is 32.1 Å². The fourth-order valence-electron chi connectivity index (χ4n) is 3.87. The molecule has 0 aliphatic heterocycles. The third kappa shape index (κ3) is 3.48. The smallest absolute Gasteiger partial charge is 0.263 e. The molecule has 0 saturated heterocycles. The average Bonchev–Trinajstić information content (AvgIpc) is 3.25. The Kier molecular flexibility index (Phi) is 5.07. The van der Waals surface area contributed by atoms with Crippen LogP contribution in [-0.2, 0) is 4.79 Å². The minimum atomic E-state index is -0.705. The number of benzene rings is 3. The first-order chi connectivity index (χ1) is 15.5. The second kappa shape index (κ2) is 8.05. The summed E-state index contributed by atoms with van der Waals surface area (Å²) in [6, 6.07) is 21.2. The van der Waals surface area contributed by atoms with E-state index in [1.807, 2.05) is 54.8 Å². The Hall–Kier alpha value is -3.77. The molecule has 0 unspecified atom stereocenters. The van der Waals surface area contributed by atoms with Crippen molar-refractivity contribution in [3.63, 3.8) is 0 Å². The molecule has 5 nitrogen and oxygen atoms in total. The number of carbonyl (C=O) groups excluding carboxylic acids is 1. The van der Waals surface area contributed by atoms with Crippen LogP contribution in [0.2, 0.25) is 0 Å². The van der Waals surface area contributed by atoms with Gasteiger partial charge in [0.05, 0.1) is 11.7 Å². The summed E-state index contributed by atoms with van der Waals surface area (Å²) >= 11 is 1.44. The second-order valence-corrected chi connectivity index (χ2v) is 8.69. The van der Waals surface area contributed by atoms with Crippen LogP contribution in [0, 0.1) is 6.92 Å². The van der Waals surface area contributed by atoms with Crippen molar-refractivity contribution in [2.45, 2.75) is 19.9 Å². The zero-order valence-electron chi connectivity index (χ0n) is 17.7. The molecule has 158 valence electrons. The summed E-state index contributed by atoms with van der Waals surface area (Å²) in [6.07, 6.45) is 1.47. The first-order valence-electron chi connectivity index (χ1n) is 10.4. The van der Waals surface area contributed by atoms with Crippen molar-refractivity contribution in [3.05, 3.63) is 94.4 Å². The molecule has 1 N–H and O–H groups in total. The van der Waals surface area contributed by atoms with Gasteiger partial charge in [-0.1, -0.05) is 54.6 Å². The molecule has 1 amide bonds. The largest absolute Gasteiger partial charge is 0.324 e. The van der Waals surface area contributed by atoms with Crippen LogP contribution in [0.4, 0.5) is 5.69 Å². The van der Waals surface area contributed by atoms with E-state index in [4.69, 9.17) is 0 Å². The molecule has 0 spiro atoms. The molecule has 0 fully saturated rings. The van der Waals surface area contributed by atoms with Crippen molar-refractivity contribution in [1.29, 1.82) is 0 Å². The van der Waals surface area contributed by atoms with Gasteiger partial charge in [-0.3, -0.25) is 14.2 Å². The minimum absolute atomic E-state index is 0.216. The summed E-state index contributed by atoms with van der Waals surface area (Å²) in [6.45, 7) is 3.64. The maximum Gasteiger partial charge on any atom is 0.263 e. The van der Waals surface area contributed by atoms with Crippen LogP contribution in [0.15, 0.2) is 83.2 Å². The van der Waals surface area contributed by atoms with Gasteiger partial charge in [-0.15, -0.1) is 11.3 Å². The summed E-state index contributed by atoms with van der Waals surface area (Å²) in [7, 11) is 0. The molecule has 0 bridgehead atoms. The Morgan fingerprint density at radius 2 is 1.78 bits per heavy atom. The van der Waals surface area contributed by atoms with Gasteiger partial charge in [0.15, 0.2) is 0 Å². The van der Waals surface area contributed by atoms with Gasteiger partial charge >= 0.3 is 0 Å². The van der Waals surface area contributed by atoms with Crippen LogP contribution in [0.3, 0.4) is 0 Å². The molecule has 2 heterocycles. The van der Waals surface area contributed by atoms with Gasteiger partial charge in [0, 0.05) is 16.6 Å². The highest BCUT2D eigenvalue weighted by Gasteiger charge is 2.21. The van der Waals surface area contributed by atoms with Gasteiger partial charge in [0.2, 0.25) is 5.91 Å². The van der Waals surface area contributed by atoms with E-state index in [-0.39, 0.29) is 11.5 Å². The van der Waals surface area contributed by atoms with E-state index in [2.05, 4.69) is 34.6 Å². The quantitative estimate of drug-likeness (QED) is 0.386. The van der Waals surface area contributed by atoms with Crippen molar-refractivity contribution in [2.75, 3.05) is 5.32 Å². The van der Waals surface area contributed by atoms with E-state index in [1.165, 1.54) is 22.2 Å². The van der Waals surface area contributed by atoms with Gasteiger partial charge in [0.1, 0.15) is 10.9 Å². The highest BCUT2D eigenvalue weighted by Crippen LogP contribution is 2.32. The van der Waals surface area contributed by atoms with E-state index < -0.39 is 6.04 Å². The van der Waals surface area contributed by atoms with Crippen LogP contribution < -0.4 is 10.9 Å². The first kappa shape index (κ1) is 20.2. The zero-order chi connectivity index (χ0) is 22.2. The summed E-state index contributed by atoms with van der Waals surface area (Å²) < 4.78 is 1.41. The van der Waals surface area contributed by atoms with Crippen molar-refractivity contribution in [2.24, 2.45) is 0 Å². The molecule has 1 atom stereocenters. The summed E-state index contributed by atoms with van der Waals surface area (Å²) in [4.78, 5) is 31.5. The van der Waals surface area contributed by atoms with E-state index in [1.54, 1.807) is 6.92 Å². The van der Waals surface area contributed by atoms with Crippen LogP contribution in [0.5, 0.6) is 0 Å². The molecule has 0 aliphatic rings. The lowest BCUT2D eigenvalue weighted by Gasteiger charge is -2.16. The molecule has 5 rings (SSSR count). The number of nitrogens with one attached hydrogen (secondary N) is 1. The number of aryl methyl sites for hydroxylation is 1.